The molecule has 0 saturated carbocycles. The first-order valence-corrected chi connectivity index (χ1v) is 3.98. The molecule has 0 radical (unpaired) electrons. The second-order valence-electron chi connectivity index (χ2n) is 2.88. The summed E-state index contributed by atoms with van der Waals surface area (Å²) in [6, 6.07) is 0. The van der Waals surface area contributed by atoms with E-state index in [0.29, 0.717) is 19.6 Å². The molecular formula is C6H11BF3KO2. The molecule has 13 heavy (non-hydrogen) atoms. The van der Waals surface area contributed by atoms with E-state index in [9.17, 15) is 12.9 Å². The van der Waals surface area contributed by atoms with Crippen molar-refractivity contribution in [2.24, 2.45) is 0 Å². The van der Waals surface area contributed by atoms with Crippen molar-refractivity contribution < 1.29 is 73.8 Å². The Balaban J connectivity index is 0.00000144. The summed E-state index contributed by atoms with van der Waals surface area (Å²) in [5, 5.41) is 0. The van der Waals surface area contributed by atoms with E-state index < -0.39 is 13.5 Å². The monoisotopic (exact) mass is 222 g/mol. The fraction of sp³-hybridized carbons (Fsp3) is 1.00. The largest absolute Gasteiger partial charge is 1.00 e. The van der Waals surface area contributed by atoms with Gasteiger partial charge in [0.05, 0.1) is 12.7 Å². The molecule has 0 aromatic carbocycles. The van der Waals surface area contributed by atoms with Gasteiger partial charge >= 0.3 is 58.4 Å². The van der Waals surface area contributed by atoms with Crippen molar-refractivity contribution >= 4 is 6.98 Å². The summed E-state index contributed by atoms with van der Waals surface area (Å²) >= 11 is 0. The van der Waals surface area contributed by atoms with E-state index >= 15 is 0 Å². The van der Waals surface area contributed by atoms with Gasteiger partial charge in [-0.05, 0) is 12.8 Å². The molecule has 1 unspecified atom stereocenters. The minimum Gasteiger partial charge on any atom is -0.447 e. The van der Waals surface area contributed by atoms with E-state index in [1.807, 2.05) is 0 Å². The molecule has 0 amide bonds. The van der Waals surface area contributed by atoms with Crippen molar-refractivity contribution in [3.63, 3.8) is 0 Å². The van der Waals surface area contributed by atoms with Crippen LogP contribution in [0.15, 0.2) is 0 Å². The minimum atomic E-state index is -4.81. The molecule has 1 aliphatic rings. The summed E-state index contributed by atoms with van der Waals surface area (Å²) in [4.78, 5) is 0. The zero-order chi connectivity index (χ0) is 9.03. The van der Waals surface area contributed by atoms with E-state index in [-0.39, 0.29) is 57.5 Å². The average molecular weight is 222 g/mol. The van der Waals surface area contributed by atoms with Crippen molar-refractivity contribution in [3.05, 3.63) is 0 Å². The molecule has 1 heterocycles. The van der Waals surface area contributed by atoms with E-state index in [1.165, 1.54) is 0 Å². The van der Waals surface area contributed by atoms with Gasteiger partial charge in [-0.15, -0.1) is 0 Å². The summed E-state index contributed by atoms with van der Waals surface area (Å²) in [6.07, 6.45) is 1.10. The summed E-state index contributed by atoms with van der Waals surface area (Å²) < 4.78 is 44.7. The van der Waals surface area contributed by atoms with Crippen LogP contribution in [-0.2, 0) is 9.47 Å². The van der Waals surface area contributed by atoms with Crippen LogP contribution in [0.5, 0.6) is 0 Å². The Labute approximate surface area is 118 Å². The quantitative estimate of drug-likeness (QED) is 0.545. The Hall–Kier alpha value is 1.41. The van der Waals surface area contributed by atoms with Crippen LogP contribution < -0.4 is 51.4 Å². The molecule has 72 valence electrons. The smallest absolute Gasteiger partial charge is 0.447 e. The van der Waals surface area contributed by atoms with Crippen molar-refractivity contribution in [1.82, 2.24) is 0 Å². The maximum absolute atomic E-state index is 11.7. The van der Waals surface area contributed by atoms with Gasteiger partial charge in [-0.1, -0.05) is 0 Å². The first kappa shape index (κ1) is 14.4. The zero-order valence-corrected chi connectivity index (χ0v) is 10.8. The number of hydrogen-bond acceptors (Lipinski definition) is 2. The van der Waals surface area contributed by atoms with Gasteiger partial charge in [-0.3, -0.25) is 0 Å². The third-order valence-electron chi connectivity index (χ3n) is 1.64. The molecule has 7 heteroatoms. The Morgan fingerprint density at radius 2 is 2.08 bits per heavy atom. The van der Waals surface area contributed by atoms with Crippen LogP contribution in [0.4, 0.5) is 12.9 Å². The van der Waals surface area contributed by atoms with Gasteiger partial charge in [0.1, 0.15) is 0 Å². The maximum atomic E-state index is 11.7. The van der Waals surface area contributed by atoms with Crippen molar-refractivity contribution in [2.75, 3.05) is 19.7 Å². The molecule has 0 N–H and O–H groups in total. The van der Waals surface area contributed by atoms with Crippen molar-refractivity contribution in [3.8, 4) is 0 Å². The van der Waals surface area contributed by atoms with Crippen LogP contribution in [0.3, 0.4) is 0 Å². The van der Waals surface area contributed by atoms with Crippen LogP contribution in [0.25, 0.3) is 0 Å². The van der Waals surface area contributed by atoms with Crippen LogP contribution in [-0.4, -0.2) is 32.8 Å². The molecule has 0 spiro atoms. The van der Waals surface area contributed by atoms with Gasteiger partial charge in [-0.25, -0.2) is 0 Å². The number of halogens is 3. The second-order valence-corrected chi connectivity index (χ2v) is 2.88. The van der Waals surface area contributed by atoms with Crippen molar-refractivity contribution in [2.45, 2.75) is 18.9 Å². The zero-order valence-electron chi connectivity index (χ0n) is 7.64. The second kappa shape index (κ2) is 6.81. The van der Waals surface area contributed by atoms with Crippen LogP contribution in [0.2, 0.25) is 0 Å². The summed E-state index contributed by atoms with van der Waals surface area (Å²) in [7, 11) is 0. The van der Waals surface area contributed by atoms with Gasteiger partial charge < -0.3 is 22.4 Å². The Bertz CT molecular complexity index is 138. The maximum Gasteiger partial charge on any atom is 1.00 e. The van der Waals surface area contributed by atoms with Gasteiger partial charge in [0.25, 0.3) is 0 Å². The molecule has 0 aliphatic carbocycles. The molecule has 1 fully saturated rings. The van der Waals surface area contributed by atoms with Crippen LogP contribution in [0.1, 0.15) is 12.8 Å². The van der Waals surface area contributed by atoms with E-state index in [1.54, 1.807) is 0 Å². The fourth-order valence-corrected chi connectivity index (χ4v) is 1.09. The SMILES string of the molecule is F[B-](F)(F)COC1CCCOC1.[K+]. The molecule has 0 bridgehead atoms. The minimum absolute atomic E-state index is 0. The number of rotatable bonds is 3. The van der Waals surface area contributed by atoms with E-state index in [2.05, 4.69) is 4.74 Å². The van der Waals surface area contributed by atoms with Crippen molar-refractivity contribution in [1.29, 1.82) is 0 Å². The first-order valence-electron chi connectivity index (χ1n) is 3.98. The molecule has 0 aromatic rings. The molecule has 1 rings (SSSR count). The summed E-state index contributed by atoms with van der Waals surface area (Å²) in [6.45, 7) is -4.98. The first-order chi connectivity index (χ1) is 5.58. The third-order valence-corrected chi connectivity index (χ3v) is 1.64. The van der Waals surface area contributed by atoms with Gasteiger partial charge in [0.15, 0.2) is 0 Å². The molecule has 0 aromatic heterocycles. The van der Waals surface area contributed by atoms with Gasteiger partial charge in [0, 0.05) is 13.1 Å². The predicted molar refractivity (Wildman–Crippen MR) is 38.9 cm³/mol. The number of ether oxygens (including phenoxy) is 2. The van der Waals surface area contributed by atoms with E-state index in [4.69, 9.17) is 4.74 Å². The van der Waals surface area contributed by atoms with Gasteiger partial charge in [0.2, 0.25) is 0 Å². The predicted octanol–water partition coefficient (Wildman–Crippen LogP) is -1.43. The standard InChI is InChI=1S/C6H11BF3O2.K/c8-7(9,10)5-12-6-2-1-3-11-4-6;/h6H,1-5H2;/q-1;+1. The third kappa shape index (κ3) is 7.35. The van der Waals surface area contributed by atoms with E-state index in [0.717, 1.165) is 6.42 Å². The average Bonchev–Trinajstić information content (AvgIpc) is 2.02. The Morgan fingerprint density at radius 3 is 2.54 bits per heavy atom. The molecule has 1 aliphatic heterocycles. The molecule has 1 atom stereocenters. The molecule has 1 saturated heterocycles. The molecular weight excluding hydrogens is 211 g/mol. The van der Waals surface area contributed by atoms with Crippen LogP contribution >= 0.6 is 0 Å². The summed E-state index contributed by atoms with van der Waals surface area (Å²) in [5.74, 6) is 0. The summed E-state index contributed by atoms with van der Waals surface area (Å²) in [5.41, 5.74) is 0. The Morgan fingerprint density at radius 1 is 1.38 bits per heavy atom. The van der Waals surface area contributed by atoms with Gasteiger partial charge in [-0.2, -0.15) is 0 Å². The fourth-order valence-electron chi connectivity index (χ4n) is 1.09. The van der Waals surface area contributed by atoms with Crippen LogP contribution in [0, 0.1) is 0 Å². The Kier molecular flexibility index (Phi) is 7.55. The topological polar surface area (TPSA) is 18.5 Å². The normalized spacial score (nSPS) is 23.8. The molecule has 2 nitrogen and oxygen atoms in total. The number of hydrogen-bond donors (Lipinski definition) is 0.